The summed E-state index contributed by atoms with van der Waals surface area (Å²) in [7, 11) is 0. The van der Waals surface area contributed by atoms with Gasteiger partial charge in [-0.1, -0.05) is 45.0 Å². The molecule has 2 aromatic rings. The van der Waals surface area contributed by atoms with E-state index in [9.17, 15) is 9.18 Å². The summed E-state index contributed by atoms with van der Waals surface area (Å²) in [6.07, 6.45) is 1.04. The molecule has 0 fully saturated rings. The maximum absolute atomic E-state index is 14.0. The Kier molecular flexibility index (Phi) is 4.26. The molecule has 0 unspecified atom stereocenters. The van der Waals surface area contributed by atoms with Gasteiger partial charge in [0.2, 0.25) is 0 Å². The fourth-order valence-electron chi connectivity index (χ4n) is 2.27. The van der Waals surface area contributed by atoms with Crippen LogP contribution in [0.1, 0.15) is 50.0 Å². The van der Waals surface area contributed by atoms with Gasteiger partial charge in [0.1, 0.15) is 5.82 Å². The van der Waals surface area contributed by atoms with Gasteiger partial charge in [0.05, 0.1) is 0 Å². The molecule has 110 valence electrons. The van der Waals surface area contributed by atoms with E-state index in [-0.39, 0.29) is 17.0 Å². The number of ketones is 1. The second kappa shape index (κ2) is 5.80. The number of Topliss-reactive ketones (excluding diaryl/α,β-unsaturated/α-hetero) is 1. The number of hydrogen-bond donors (Lipinski definition) is 0. The minimum absolute atomic E-state index is 0.0556. The van der Waals surface area contributed by atoms with Crippen molar-refractivity contribution in [2.45, 2.75) is 39.5 Å². The topological polar surface area (TPSA) is 17.1 Å². The number of halogens is 1. The lowest BCUT2D eigenvalue weighted by Gasteiger charge is -2.23. The molecule has 0 amide bonds. The molecule has 1 nitrogen and oxygen atoms in total. The number of benzene rings is 2. The first-order valence-electron chi connectivity index (χ1n) is 7.26. The van der Waals surface area contributed by atoms with Crippen LogP contribution in [-0.2, 0) is 5.41 Å². The highest BCUT2D eigenvalue weighted by atomic mass is 19.1. The molecule has 0 bridgehead atoms. The van der Waals surface area contributed by atoms with Gasteiger partial charge in [-0.15, -0.1) is 0 Å². The summed E-state index contributed by atoms with van der Waals surface area (Å²) in [5.74, 6) is -0.359. The molecule has 0 N–H and O–H groups in total. The standard InChI is InChI=1S/C19H21FO/c1-5-19(3,4)16-9-6-14(7-10-16)17-12-15(13(2)21)8-11-18(17)20/h6-12H,5H2,1-4H3. The summed E-state index contributed by atoms with van der Waals surface area (Å²) in [5, 5.41) is 0. The molecule has 2 aromatic carbocycles. The third-order valence-electron chi connectivity index (χ3n) is 4.23. The lowest BCUT2D eigenvalue weighted by molar-refractivity contribution is 0.101. The molecule has 0 aliphatic heterocycles. The highest BCUT2D eigenvalue weighted by Gasteiger charge is 2.18. The van der Waals surface area contributed by atoms with Crippen LogP contribution < -0.4 is 0 Å². The van der Waals surface area contributed by atoms with Crippen molar-refractivity contribution in [3.05, 3.63) is 59.4 Å². The fourth-order valence-corrected chi connectivity index (χ4v) is 2.27. The van der Waals surface area contributed by atoms with Crippen LogP contribution in [0.2, 0.25) is 0 Å². The summed E-state index contributed by atoms with van der Waals surface area (Å²) in [6, 6.07) is 12.4. The van der Waals surface area contributed by atoms with Crippen LogP contribution in [0.25, 0.3) is 11.1 Å². The van der Waals surface area contributed by atoms with E-state index in [1.54, 1.807) is 6.07 Å². The van der Waals surface area contributed by atoms with Gasteiger partial charge in [-0.25, -0.2) is 4.39 Å². The molecule has 0 saturated carbocycles. The van der Waals surface area contributed by atoms with Crippen LogP contribution in [0.4, 0.5) is 4.39 Å². The Bertz CT molecular complexity index is 654. The number of hydrogen-bond acceptors (Lipinski definition) is 1. The molecule has 0 spiro atoms. The summed E-state index contributed by atoms with van der Waals surface area (Å²) in [5.41, 5.74) is 3.15. The molecule has 0 saturated heterocycles. The molecule has 2 heteroatoms. The van der Waals surface area contributed by atoms with Crippen molar-refractivity contribution in [2.24, 2.45) is 0 Å². The Morgan fingerprint density at radius 3 is 2.24 bits per heavy atom. The van der Waals surface area contributed by atoms with E-state index in [0.29, 0.717) is 11.1 Å². The lowest BCUT2D eigenvalue weighted by Crippen LogP contribution is -2.14. The van der Waals surface area contributed by atoms with Gasteiger partial charge in [-0.2, -0.15) is 0 Å². The number of carbonyl (C=O) groups is 1. The minimum atomic E-state index is -0.303. The van der Waals surface area contributed by atoms with Gasteiger partial charge >= 0.3 is 0 Å². The molecule has 2 rings (SSSR count). The molecule has 0 radical (unpaired) electrons. The van der Waals surface area contributed by atoms with Crippen LogP contribution in [0.15, 0.2) is 42.5 Å². The Morgan fingerprint density at radius 2 is 1.71 bits per heavy atom. The van der Waals surface area contributed by atoms with E-state index in [2.05, 4.69) is 20.8 Å². The summed E-state index contributed by atoms with van der Waals surface area (Å²) >= 11 is 0. The van der Waals surface area contributed by atoms with E-state index in [1.165, 1.54) is 24.6 Å². The van der Waals surface area contributed by atoms with Gasteiger partial charge in [0, 0.05) is 11.1 Å². The largest absolute Gasteiger partial charge is 0.295 e. The molecule has 0 aromatic heterocycles. The third-order valence-corrected chi connectivity index (χ3v) is 4.23. The maximum atomic E-state index is 14.0. The predicted molar refractivity (Wildman–Crippen MR) is 85.2 cm³/mol. The zero-order valence-electron chi connectivity index (χ0n) is 13.0. The highest BCUT2D eigenvalue weighted by molar-refractivity contribution is 5.95. The zero-order chi connectivity index (χ0) is 15.6. The first-order chi connectivity index (χ1) is 9.85. The second-order valence-corrected chi connectivity index (χ2v) is 6.07. The van der Waals surface area contributed by atoms with Crippen molar-refractivity contribution in [3.63, 3.8) is 0 Å². The van der Waals surface area contributed by atoms with Crippen molar-refractivity contribution < 1.29 is 9.18 Å². The van der Waals surface area contributed by atoms with E-state index in [4.69, 9.17) is 0 Å². The minimum Gasteiger partial charge on any atom is -0.295 e. The van der Waals surface area contributed by atoms with Crippen LogP contribution in [-0.4, -0.2) is 5.78 Å². The molecule has 0 atom stereocenters. The molecule has 0 heterocycles. The lowest BCUT2D eigenvalue weighted by atomic mass is 9.82. The van der Waals surface area contributed by atoms with E-state index >= 15 is 0 Å². The SMILES string of the molecule is CCC(C)(C)c1ccc(-c2cc(C(C)=O)ccc2F)cc1. The third kappa shape index (κ3) is 3.21. The van der Waals surface area contributed by atoms with Crippen molar-refractivity contribution in [3.8, 4) is 11.1 Å². The quantitative estimate of drug-likeness (QED) is 0.689. The molecular weight excluding hydrogens is 263 g/mol. The molecular formula is C19H21FO. The summed E-state index contributed by atoms with van der Waals surface area (Å²) in [6.45, 7) is 8.03. The Labute approximate surface area is 125 Å². The van der Waals surface area contributed by atoms with E-state index < -0.39 is 0 Å². The van der Waals surface area contributed by atoms with Crippen molar-refractivity contribution >= 4 is 5.78 Å². The fraction of sp³-hybridized carbons (Fsp3) is 0.316. The van der Waals surface area contributed by atoms with Gasteiger partial charge < -0.3 is 0 Å². The second-order valence-electron chi connectivity index (χ2n) is 6.07. The Balaban J connectivity index is 2.44. The monoisotopic (exact) mass is 284 g/mol. The van der Waals surface area contributed by atoms with Crippen LogP contribution in [0, 0.1) is 5.82 Å². The highest BCUT2D eigenvalue weighted by Crippen LogP contribution is 2.30. The Hall–Kier alpha value is -1.96. The summed E-state index contributed by atoms with van der Waals surface area (Å²) in [4.78, 5) is 11.4. The van der Waals surface area contributed by atoms with Crippen LogP contribution in [0.3, 0.4) is 0 Å². The smallest absolute Gasteiger partial charge is 0.159 e. The van der Waals surface area contributed by atoms with E-state index in [1.807, 2.05) is 24.3 Å². The molecule has 0 aliphatic carbocycles. The Morgan fingerprint density at radius 1 is 1.10 bits per heavy atom. The molecule has 21 heavy (non-hydrogen) atoms. The first-order valence-corrected chi connectivity index (χ1v) is 7.26. The van der Waals surface area contributed by atoms with Gasteiger partial charge in [-0.3, -0.25) is 4.79 Å². The predicted octanol–water partition coefficient (Wildman–Crippen LogP) is 5.38. The summed E-state index contributed by atoms with van der Waals surface area (Å²) < 4.78 is 14.0. The number of rotatable bonds is 4. The van der Waals surface area contributed by atoms with Crippen molar-refractivity contribution in [2.75, 3.05) is 0 Å². The first kappa shape index (κ1) is 15.4. The van der Waals surface area contributed by atoms with Gasteiger partial charge in [-0.05, 0) is 48.1 Å². The van der Waals surface area contributed by atoms with E-state index in [0.717, 1.165) is 12.0 Å². The normalized spacial score (nSPS) is 11.5. The number of carbonyl (C=O) groups excluding carboxylic acids is 1. The van der Waals surface area contributed by atoms with Crippen LogP contribution in [0.5, 0.6) is 0 Å². The van der Waals surface area contributed by atoms with Gasteiger partial charge in [0.15, 0.2) is 5.78 Å². The zero-order valence-corrected chi connectivity index (χ0v) is 13.0. The molecule has 0 aliphatic rings. The van der Waals surface area contributed by atoms with Crippen LogP contribution >= 0.6 is 0 Å². The van der Waals surface area contributed by atoms with Crippen molar-refractivity contribution in [1.82, 2.24) is 0 Å². The van der Waals surface area contributed by atoms with Gasteiger partial charge in [0.25, 0.3) is 0 Å². The average Bonchev–Trinajstić information content (AvgIpc) is 2.47. The average molecular weight is 284 g/mol. The maximum Gasteiger partial charge on any atom is 0.159 e. The van der Waals surface area contributed by atoms with Crippen molar-refractivity contribution in [1.29, 1.82) is 0 Å².